The lowest BCUT2D eigenvalue weighted by molar-refractivity contribution is -0.154. The minimum atomic E-state index is -0.690. The molecule has 92 valence electrons. The van der Waals surface area contributed by atoms with Gasteiger partial charge in [-0.15, -0.1) is 0 Å². The average molecular weight is 233 g/mol. The van der Waals surface area contributed by atoms with E-state index < -0.39 is 5.60 Å². The molecular formula is C14H19NO2. The number of hydrogen-bond acceptors (Lipinski definition) is 2. The Hall–Kier alpha value is -1.35. The van der Waals surface area contributed by atoms with Crippen molar-refractivity contribution in [3.63, 3.8) is 0 Å². The van der Waals surface area contributed by atoms with Crippen molar-refractivity contribution >= 4 is 5.91 Å². The predicted molar refractivity (Wildman–Crippen MR) is 66.7 cm³/mol. The highest BCUT2D eigenvalue weighted by Crippen LogP contribution is 2.27. The van der Waals surface area contributed by atoms with Gasteiger partial charge in [0.05, 0.1) is 24.6 Å². The Bertz CT molecular complexity index is 392. The van der Waals surface area contributed by atoms with E-state index in [0.29, 0.717) is 13.1 Å². The van der Waals surface area contributed by atoms with Crippen molar-refractivity contribution in [3.8, 4) is 0 Å². The molecule has 3 heteroatoms. The van der Waals surface area contributed by atoms with Crippen molar-refractivity contribution in [2.24, 2.45) is 0 Å². The number of benzene rings is 1. The summed E-state index contributed by atoms with van der Waals surface area (Å²) in [5.41, 5.74) is 0.372. The maximum absolute atomic E-state index is 12.3. The predicted octanol–water partition coefficient (Wildman–Crippen LogP) is 1.77. The molecule has 1 heterocycles. The smallest absolute Gasteiger partial charge is 0.230 e. The first-order valence-corrected chi connectivity index (χ1v) is 6.09. The standard InChI is InChI=1S/C14H19NO2/c1-3-12(11-7-5-4-6-8-11)13(16)15-9-14(2,17)10-15/h4-8,12,17H,3,9-10H2,1-2H3. The molecule has 1 fully saturated rings. The van der Waals surface area contributed by atoms with Crippen LogP contribution in [0.5, 0.6) is 0 Å². The van der Waals surface area contributed by atoms with Crippen LogP contribution in [0.15, 0.2) is 30.3 Å². The van der Waals surface area contributed by atoms with E-state index in [2.05, 4.69) is 0 Å². The minimum absolute atomic E-state index is 0.0766. The van der Waals surface area contributed by atoms with Crippen LogP contribution in [0.1, 0.15) is 31.7 Å². The number of β-amino-alcohol motifs (C(OH)–C–C–N with tert-alkyl or cyclic N) is 1. The van der Waals surface area contributed by atoms with Gasteiger partial charge in [-0.25, -0.2) is 0 Å². The van der Waals surface area contributed by atoms with E-state index in [-0.39, 0.29) is 11.8 Å². The highest BCUT2D eigenvalue weighted by Gasteiger charge is 2.41. The zero-order valence-electron chi connectivity index (χ0n) is 10.4. The largest absolute Gasteiger partial charge is 0.386 e. The molecule has 0 saturated carbocycles. The van der Waals surface area contributed by atoms with Gasteiger partial charge in [-0.3, -0.25) is 4.79 Å². The number of amides is 1. The summed E-state index contributed by atoms with van der Waals surface area (Å²) in [6.45, 7) is 4.69. The maximum atomic E-state index is 12.3. The quantitative estimate of drug-likeness (QED) is 0.864. The fourth-order valence-electron chi connectivity index (χ4n) is 2.39. The fourth-order valence-corrected chi connectivity index (χ4v) is 2.39. The second-order valence-corrected chi connectivity index (χ2v) is 5.06. The molecule has 1 aliphatic rings. The van der Waals surface area contributed by atoms with Gasteiger partial charge >= 0.3 is 0 Å². The van der Waals surface area contributed by atoms with Crippen LogP contribution in [0.4, 0.5) is 0 Å². The summed E-state index contributed by atoms with van der Waals surface area (Å²) in [4.78, 5) is 14.0. The number of nitrogens with zero attached hydrogens (tertiary/aromatic N) is 1. The van der Waals surface area contributed by atoms with E-state index >= 15 is 0 Å². The fraction of sp³-hybridized carbons (Fsp3) is 0.500. The number of hydrogen-bond donors (Lipinski definition) is 1. The van der Waals surface area contributed by atoms with Crippen LogP contribution in [0.25, 0.3) is 0 Å². The van der Waals surface area contributed by atoms with Gasteiger partial charge in [-0.1, -0.05) is 37.3 Å². The van der Waals surface area contributed by atoms with Crippen LogP contribution in [-0.4, -0.2) is 34.6 Å². The first kappa shape index (κ1) is 12.1. The van der Waals surface area contributed by atoms with E-state index in [9.17, 15) is 9.90 Å². The monoisotopic (exact) mass is 233 g/mol. The first-order chi connectivity index (χ1) is 8.03. The molecule has 0 spiro atoms. The van der Waals surface area contributed by atoms with E-state index in [1.54, 1.807) is 11.8 Å². The van der Waals surface area contributed by atoms with Gasteiger partial charge in [-0.05, 0) is 18.9 Å². The van der Waals surface area contributed by atoms with Crippen molar-refractivity contribution in [3.05, 3.63) is 35.9 Å². The van der Waals surface area contributed by atoms with Gasteiger partial charge in [0, 0.05) is 0 Å². The first-order valence-electron chi connectivity index (χ1n) is 6.09. The lowest BCUT2D eigenvalue weighted by atomic mass is 9.90. The number of rotatable bonds is 3. The van der Waals surface area contributed by atoms with E-state index in [1.807, 2.05) is 37.3 Å². The molecule has 0 radical (unpaired) electrons. The SMILES string of the molecule is CCC(C(=O)N1CC(C)(O)C1)c1ccccc1. The van der Waals surface area contributed by atoms with Crippen LogP contribution in [0.3, 0.4) is 0 Å². The Labute approximate surface area is 102 Å². The zero-order valence-corrected chi connectivity index (χ0v) is 10.4. The molecule has 1 unspecified atom stereocenters. The maximum Gasteiger partial charge on any atom is 0.230 e. The second-order valence-electron chi connectivity index (χ2n) is 5.06. The number of aliphatic hydroxyl groups is 1. The molecule has 0 aliphatic carbocycles. The van der Waals surface area contributed by atoms with Crippen LogP contribution in [-0.2, 0) is 4.79 Å². The zero-order chi connectivity index (χ0) is 12.5. The average Bonchev–Trinajstić information content (AvgIpc) is 2.28. The summed E-state index contributed by atoms with van der Waals surface area (Å²) < 4.78 is 0. The van der Waals surface area contributed by atoms with Crippen molar-refractivity contribution in [2.45, 2.75) is 31.8 Å². The van der Waals surface area contributed by atoms with Gasteiger partial charge in [0.15, 0.2) is 0 Å². The van der Waals surface area contributed by atoms with Crippen molar-refractivity contribution in [2.75, 3.05) is 13.1 Å². The summed E-state index contributed by atoms with van der Waals surface area (Å²) in [5.74, 6) is 0.0533. The van der Waals surface area contributed by atoms with Gasteiger partial charge in [0.2, 0.25) is 5.91 Å². The van der Waals surface area contributed by atoms with E-state index in [4.69, 9.17) is 0 Å². The normalized spacial score (nSPS) is 19.6. The van der Waals surface area contributed by atoms with Crippen LogP contribution in [0, 0.1) is 0 Å². The third-order valence-corrected chi connectivity index (χ3v) is 3.28. The Balaban J connectivity index is 2.07. The lowest BCUT2D eigenvalue weighted by Crippen LogP contribution is -2.62. The number of likely N-dealkylation sites (tertiary alicyclic amines) is 1. The molecule has 1 aromatic rings. The molecule has 1 atom stereocenters. The Morgan fingerprint density at radius 2 is 2.00 bits per heavy atom. The van der Waals surface area contributed by atoms with Crippen molar-refractivity contribution < 1.29 is 9.90 Å². The Morgan fingerprint density at radius 1 is 1.41 bits per heavy atom. The lowest BCUT2D eigenvalue weighted by Gasteiger charge is -2.45. The van der Waals surface area contributed by atoms with Gasteiger partial charge < -0.3 is 10.0 Å². The van der Waals surface area contributed by atoms with Crippen LogP contribution < -0.4 is 0 Å². The van der Waals surface area contributed by atoms with Gasteiger partial charge in [-0.2, -0.15) is 0 Å². The third-order valence-electron chi connectivity index (χ3n) is 3.28. The molecule has 2 rings (SSSR count). The summed E-state index contributed by atoms with van der Waals surface area (Å²) in [6.07, 6.45) is 0.793. The molecule has 1 N–H and O–H groups in total. The number of carbonyl (C=O) groups excluding carboxylic acids is 1. The molecule has 3 nitrogen and oxygen atoms in total. The van der Waals surface area contributed by atoms with Gasteiger partial charge in [0.1, 0.15) is 0 Å². The van der Waals surface area contributed by atoms with E-state index in [1.165, 1.54) is 0 Å². The minimum Gasteiger partial charge on any atom is -0.386 e. The highest BCUT2D eigenvalue weighted by atomic mass is 16.3. The molecule has 1 saturated heterocycles. The molecule has 17 heavy (non-hydrogen) atoms. The van der Waals surface area contributed by atoms with Crippen molar-refractivity contribution in [1.82, 2.24) is 4.90 Å². The van der Waals surface area contributed by atoms with Crippen LogP contribution >= 0.6 is 0 Å². The molecule has 1 aliphatic heterocycles. The Kier molecular flexibility index (Phi) is 3.20. The number of carbonyl (C=O) groups is 1. The Morgan fingerprint density at radius 3 is 2.47 bits per heavy atom. The second kappa shape index (κ2) is 4.49. The molecular weight excluding hydrogens is 214 g/mol. The summed E-state index contributed by atoms with van der Waals surface area (Å²) >= 11 is 0. The van der Waals surface area contributed by atoms with E-state index in [0.717, 1.165) is 12.0 Å². The molecule has 0 bridgehead atoms. The summed E-state index contributed by atoms with van der Waals surface area (Å²) in [5, 5.41) is 9.66. The van der Waals surface area contributed by atoms with Crippen LogP contribution in [0.2, 0.25) is 0 Å². The van der Waals surface area contributed by atoms with Gasteiger partial charge in [0.25, 0.3) is 0 Å². The summed E-state index contributed by atoms with van der Waals surface area (Å²) in [7, 11) is 0. The van der Waals surface area contributed by atoms with Crippen molar-refractivity contribution in [1.29, 1.82) is 0 Å². The third kappa shape index (κ3) is 2.50. The molecule has 0 aromatic heterocycles. The molecule has 1 aromatic carbocycles. The highest BCUT2D eigenvalue weighted by molar-refractivity contribution is 5.84. The molecule has 1 amide bonds. The topological polar surface area (TPSA) is 40.5 Å². The summed E-state index contributed by atoms with van der Waals surface area (Å²) in [6, 6.07) is 9.85.